The molecule has 0 aromatic heterocycles. The Morgan fingerprint density at radius 2 is 2.14 bits per heavy atom. The van der Waals surface area contributed by atoms with Gasteiger partial charge < -0.3 is 15.7 Å². The van der Waals surface area contributed by atoms with Crippen molar-refractivity contribution in [2.75, 3.05) is 11.9 Å². The summed E-state index contributed by atoms with van der Waals surface area (Å²) in [6.45, 7) is 1.66. The number of carbonyl (C=O) groups is 1. The maximum atomic E-state index is 12.1. The van der Waals surface area contributed by atoms with Gasteiger partial charge in [-0.3, -0.25) is 10.1 Å². The number of hydrogen-bond donors (Lipinski definition) is 3. The first-order valence-electron chi connectivity index (χ1n) is 7.45. The highest BCUT2D eigenvalue weighted by molar-refractivity contribution is 5.91. The van der Waals surface area contributed by atoms with E-state index in [0.717, 1.165) is 25.7 Å². The van der Waals surface area contributed by atoms with Gasteiger partial charge in [0, 0.05) is 24.6 Å². The van der Waals surface area contributed by atoms with Crippen LogP contribution in [0, 0.1) is 23.0 Å². The number of nitro benzene ring substituents is 1. The van der Waals surface area contributed by atoms with Gasteiger partial charge in [0.15, 0.2) is 0 Å². The second-order valence-corrected chi connectivity index (χ2v) is 5.64. The summed E-state index contributed by atoms with van der Waals surface area (Å²) in [6.07, 6.45) is 3.83. The molecule has 2 amide bonds. The molecule has 0 spiro atoms. The smallest absolute Gasteiger partial charge is 0.319 e. The molecule has 1 aromatic carbocycles. The summed E-state index contributed by atoms with van der Waals surface area (Å²) in [5.74, 6) is 0.0747. The van der Waals surface area contributed by atoms with Gasteiger partial charge in [0.05, 0.1) is 16.2 Å². The van der Waals surface area contributed by atoms with E-state index in [9.17, 15) is 20.0 Å². The molecule has 7 heteroatoms. The molecule has 2 atom stereocenters. The molecule has 22 heavy (non-hydrogen) atoms. The topological polar surface area (TPSA) is 104 Å². The van der Waals surface area contributed by atoms with Crippen LogP contribution in [0.5, 0.6) is 0 Å². The first-order chi connectivity index (χ1) is 10.5. The highest BCUT2D eigenvalue weighted by Gasteiger charge is 2.26. The molecule has 3 N–H and O–H groups in total. The van der Waals surface area contributed by atoms with Crippen LogP contribution < -0.4 is 10.6 Å². The van der Waals surface area contributed by atoms with Crippen LogP contribution in [0.15, 0.2) is 18.2 Å². The molecule has 1 aromatic rings. The number of amides is 2. The van der Waals surface area contributed by atoms with Gasteiger partial charge >= 0.3 is 6.03 Å². The van der Waals surface area contributed by atoms with Gasteiger partial charge in [-0.25, -0.2) is 4.79 Å². The van der Waals surface area contributed by atoms with E-state index in [2.05, 4.69) is 10.6 Å². The lowest BCUT2D eigenvalue weighted by Gasteiger charge is -2.30. The number of aliphatic hydroxyl groups is 1. The maximum Gasteiger partial charge on any atom is 0.319 e. The van der Waals surface area contributed by atoms with Gasteiger partial charge in [0.1, 0.15) is 0 Å². The highest BCUT2D eigenvalue weighted by Crippen LogP contribution is 2.26. The monoisotopic (exact) mass is 307 g/mol. The number of aliphatic hydroxyl groups excluding tert-OH is 1. The van der Waals surface area contributed by atoms with Crippen LogP contribution in [-0.2, 0) is 0 Å². The summed E-state index contributed by atoms with van der Waals surface area (Å²) < 4.78 is 0. The summed E-state index contributed by atoms with van der Waals surface area (Å²) in [4.78, 5) is 22.5. The molecule has 2 rings (SSSR count). The molecule has 120 valence electrons. The Hall–Kier alpha value is -2.15. The van der Waals surface area contributed by atoms with Crippen molar-refractivity contribution in [3.8, 4) is 0 Å². The Bertz CT molecular complexity index is 562. The van der Waals surface area contributed by atoms with E-state index in [1.54, 1.807) is 13.0 Å². The quantitative estimate of drug-likeness (QED) is 0.587. The summed E-state index contributed by atoms with van der Waals surface area (Å²) in [5, 5.41) is 25.8. The Balaban J connectivity index is 2.03. The summed E-state index contributed by atoms with van der Waals surface area (Å²) in [6, 6.07) is 4.12. The molecule has 0 bridgehead atoms. The Morgan fingerprint density at radius 3 is 2.82 bits per heavy atom. The molecular weight excluding hydrogens is 286 g/mol. The Morgan fingerprint density at radius 1 is 1.41 bits per heavy atom. The molecule has 1 aliphatic rings. The van der Waals surface area contributed by atoms with Gasteiger partial charge in [-0.15, -0.1) is 0 Å². The van der Waals surface area contributed by atoms with Crippen molar-refractivity contribution in [3.05, 3.63) is 33.9 Å². The predicted molar refractivity (Wildman–Crippen MR) is 82.8 cm³/mol. The average Bonchev–Trinajstić information content (AvgIpc) is 2.49. The van der Waals surface area contributed by atoms with Crippen LogP contribution in [-0.4, -0.2) is 28.7 Å². The number of nitrogens with one attached hydrogen (secondary N) is 2. The third kappa shape index (κ3) is 3.73. The fourth-order valence-corrected chi connectivity index (χ4v) is 2.90. The number of anilines is 1. The van der Waals surface area contributed by atoms with Crippen molar-refractivity contribution in [1.29, 1.82) is 0 Å². The van der Waals surface area contributed by atoms with Gasteiger partial charge in [-0.2, -0.15) is 0 Å². The zero-order valence-corrected chi connectivity index (χ0v) is 12.5. The first-order valence-corrected chi connectivity index (χ1v) is 7.45. The number of carbonyl (C=O) groups excluding carboxylic acids is 1. The first kappa shape index (κ1) is 16.2. The normalized spacial score (nSPS) is 21.2. The summed E-state index contributed by atoms with van der Waals surface area (Å²) in [7, 11) is 0. The van der Waals surface area contributed by atoms with E-state index in [1.165, 1.54) is 12.1 Å². The van der Waals surface area contributed by atoms with E-state index < -0.39 is 11.0 Å². The van der Waals surface area contributed by atoms with E-state index in [1.807, 2.05) is 0 Å². The minimum Gasteiger partial charge on any atom is -0.396 e. The van der Waals surface area contributed by atoms with Crippen LogP contribution in [0.1, 0.15) is 31.2 Å². The fraction of sp³-hybridized carbons (Fsp3) is 0.533. The van der Waals surface area contributed by atoms with E-state index in [4.69, 9.17) is 0 Å². The molecule has 2 unspecified atom stereocenters. The minimum atomic E-state index is -0.471. The lowest BCUT2D eigenvalue weighted by molar-refractivity contribution is -0.385. The second kappa shape index (κ2) is 7.22. The standard InChI is InChI=1S/C15H21N3O4/c1-10-12(7-4-8-14(10)18(21)22)16-15(20)17-13-6-3-2-5-11(13)9-19/h4,7-8,11,13,19H,2-3,5-6,9H2,1H3,(H2,16,17,20). The van der Waals surface area contributed by atoms with E-state index in [-0.39, 0.29) is 24.3 Å². The molecule has 0 saturated heterocycles. The molecule has 0 aliphatic heterocycles. The lowest BCUT2D eigenvalue weighted by atomic mass is 9.85. The molecule has 1 saturated carbocycles. The zero-order chi connectivity index (χ0) is 16.1. The predicted octanol–water partition coefficient (Wildman–Crippen LogP) is 2.58. The zero-order valence-electron chi connectivity index (χ0n) is 12.5. The summed E-state index contributed by atoms with van der Waals surface area (Å²) >= 11 is 0. The van der Waals surface area contributed by atoms with Crippen LogP contribution >= 0.6 is 0 Å². The number of benzene rings is 1. The van der Waals surface area contributed by atoms with Crippen LogP contribution in [0.4, 0.5) is 16.2 Å². The Kier molecular flexibility index (Phi) is 5.32. The van der Waals surface area contributed by atoms with Gasteiger partial charge in [-0.05, 0) is 25.8 Å². The number of urea groups is 1. The SMILES string of the molecule is Cc1c(NC(=O)NC2CCCCC2CO)cccc1[N+](=O)[O-]. The van der Waals surface area contributed by atoms with Crippen molar-refractivity contribution < 1.29 is 14.8 Å². The number of nitrogens with zero attached hydrogens (tertiary/aromatic N) is 1. The molecular formula is C15H21N3O4. The third-order valence-electron chi connectivity index (χ3n) is 4.21. The number of nitro groups is 1. The van der Waals surface area contributed by atoms with Gasteiger partial charge in [0.25, 0.3) is 5.69 Å². The molecule has 0 heterocycles. The van der Waals surface area contributed by atoms with Crippen LogP contribution in [0.2, 0.25) is 0 Å². The number of hydrogen-bond acceptors (Lipinski definition) is 4. The van der Waals surface area contributed by atoms with Crippen molar-refractivity contribution in [2.24, 2.45) is 5.92 Å². The molecule has 1 fully saturated rings. The fourth-order valence-electron chi connectivity index (χ4n) is 2.90. The maximum absolute atomic E-state index is 12.1. The van der Waals surface area contributed by atoms with E-state index >= 15 is 0 Å². The molecule has 1 aliphatic carbocycles. The van der Waals surface area contributed by atoms with Crippen molar-refractivity contribution in [2.45, 2.75) is 38.6 Å². The third-order valence-corrected chi connectivity index (χ3v) is 4.21. The largest absolute Gasteiger partial charge is 0.396 e. The van der Waals surface area contributed by atoms with Gasteiger partial charge in [-0.1, -0.05) is 18.9 Å². The van der Waals surface area contributed by atoms with Crippen molar-refractivity contribution in [3.63, 3.8) is 0 Å². The average molecular weight is 307 g/mol. The number of rotatable bonds is 4. The molecule has 0 radical (unpaired) electrons. The second-order valence-electron chi connectivity index (χ2n) is 5.64. The Labute approximate surface area is 128 Å². The van der Waals surface area contributed by atoms with Crippen LogP contribution in [0.25, 0.3) is 0 Å². The molecule has 7 nitrogen and oxygen atoms in total. The van der Waals surface area contributed by atoms with Crippen molar-refractivity contribution >= 4 is 17.4 Å². The van der Waals surface area contributed by atoms with E-state index in [0.29, 0.717) is 11.3 Å². The van der Waals surface area contributed by atoms with Crippen molar-refractivity contribution in [1.82, 2.24) is 5.32 Å². The van der Waals surface area contributed by atoms with Crippen LogP contribution in [0.3, 0.4) is 0 Å². The summed E-state index contributed by atoms with van der Waals surface area (Å²) in [5.41, 5.74) is 0.816. The highest BCUT2D eigenvalue weighted by atomic mass is 16.6. The minimum absolute atomic E-state index is 0.0244. The lowest BCUT2D eigenvalue weighted by Crippen LogP contribution is -2.45. The van der Waals surface area contributed by atoms with Gasteiger partial charge in [0.2, 0.25) is 0 Å².